The van der Waals surface area contributed by atoms with Crippen molar-refractivity contribution >= 4 is 5.78 Å². The molecule has 0 saturated heterocycles. The molecule has 0 amide bonds. The van der Waals surface area contributed by atoms with E-state index in [0.717, 1.165) is 31.3 Å². The fourth-order valence-electron chi connectivity index (χ4n) is 2.13. The monoisotopic (exact) mass is 222 g/mol. The number of ketones is 1. The van der Waals surface area contributed by atoms with Gasteiger partial charge in [0.05, 0.1) is 0 Å². The zero-order valence-corrected chi connectivity index (χ0v) is 11.5. The predicted octanol–water partition coefficient (Wildman–Crippen LogP) is 4.68. The average molecular weight is 222 g/mol. The molecule has 92 valence electrons. The van der Waals surface area contributed by atoms with Crippen molar-refractivity contribution < 1.29 is 4.79 Å². The van der Waals surface area contributed by atoms with Crippen LogP contribution < -0.4 is 0 Å². The van der Waals surface area contributed by atoms with E-state index in [4.69, 9.17) is 0 Å². The highest BCUT2D eigenvalue weighted by Gasteiger charge is 2.23. The first-order chi connectivity index (χ1) is 7.79. The Hall–Kier alpha value is -0.850. The molecular weight excluding hydrogens is 196 g/mol. The summed E-state index contributed by atoms with van der Waals surface area (Å²) in [6.07, 6.45) is 8.24. The van der Waals surface area contributed by atoms with Gasteiger partial charge in [0.15, 0.2) is 5.78 Å². The molecule has 0 saturated carbocycles. The first-order valence-corrected chi connectivity index (χ1v) is 6.72. The molecule has 0 fully saturated rings. The summed E-state index contributed by atoms with van der Waals surface area (Å²) in [7, 11) is 0. The van der Waals surface area contributed by atoms with Gasteiger partial charge in [-0.2, -0.15) is 0 Å². The SMILES string of the molecule is CC.CC.CC1CC=CC2=C1CCCC2=O. The van der Waals surface area contributed by atoms with Gasteiger partial charge in [-0.25, -0.2) is 0 Å². The predicted molar refractivity (Wildman–Crippen MR) is 71.5 cm³/mol. The van der Waals surface area contributed by atoms with Gasteiger partial charge in [0, 0.05) is 12.0 Å². The van der Waals surface area contributed by atoms with Crippen molar-refractivity contribution in [1.29, 1.82) is 0 Å². The largest absolute Gasteiger partial charge is 0.294 e. The Bertz CT molecular complexity index is 271. The van der Waals surface area contributed by atoms with Crippen LogP contribution in [0, 0.1) is 5.92 Å². The van der Waals surface area contributed by atoms with E-state index in [2.05, 4.69) is 13.0 Å². The van der Waals surface area contributed by atoms with Crippen molar-refractivity contribution in [3.63, 3.8) is 0 Å². The third-order valence-corrected chi connectivity index (χ3v) is 2.87. The Kier molecular flexibility index (Phi) is 7.88. The summed E-state index contributed by atoms with van der Waals surface area (Å²) >= 11 is 0. The van der Waals surface area contributed by atoms with Gasteiger partial charge < -0.3 is 0 Å². The number of Topliss-reactive ketones (excluding diaryl/α,β-unsaturated/α-hetero) is 1. The molecule has 0 aromatic heterocycles. The lowest BCUT2D eigenvalue weighted by molar-refractivity contribution is -0.115. The highest BCUT2D eigenvalue weighted by Crippen LogP contribution is 2.33. The molecule has 0 aromatic rings. The van der Waals surface area contributed by atoms with Gasteiger partial charge in [0.1, 0.15) is 0 Å². The lowest BCUT2D eigenvalue weighted by Gasteiger charge is -2.25. The van der Waals surface area contributed by atoms with E-state index in [0.29, 0.717) is 11.7 Å². The molecule has 2 aliphatic carbocycles. The third kappa shape index (κ3) is 3.62. The molecule has 1 unspecified atom stereocenters. The summed E-state index contributed by atoms with van der Waals surface area (Å²) in [5.41, 5.74) is 2.44. The molecular formula is C15H26O. The molecule has 0 N–H and O–H groups in total. The van der Waals surface area contributed by atoms with Crippen molar-refractivity contribution in [1.82, 2.24) is 0 Å². The van der Waals surface area contributed by atoms with Crippen LogP contribution in [0.15, 0.2) is 23.3 Å². The molecule has 0 radical (unpaired) electrons. The highest BCUT2D eigenvalue weighted by molar-refractivity contribution is 5.99. The van der Waals surface area contributed by atoms with Crippen LogP contribution in [0.5, 0.6) is 0 Å². The van der Waals surface area contributed by atoms with Crippen LogP contribution >= 0.6 is 0 Å². The van der Waals surface area contributed by atoms with E-state index in [9.17, 15) is 4.79 Å². The number of carbonyl (C=O) groups is 1. The van der Waals surface area contributed by atoms with Gasteiger partial charge in [-0.05, 0) is 25.2 Å². The minimum Gasteiger partial charge on any atom is -0.294 e. The molecule has 2 aliphatic rings. The lowest BCUT2D eigenvalue weighted by Crippen LogP contribution is -2.16. The number of hydrogen-bond acceptors (Lipinski definition) is 1. The first-order valence-electron chi connectivity index (χ1n) is 6.72. The van der Waals surface area contributed by atoms with Crippen LogP contribution in [0.4, 0.5) is 0 Å². The van der Waals surface area contributed by atoms with E-state index in [1.54, 1.807) is 0 Å². The maximum absolute atomic E-state index is 11.5. The standard InChI is InChI=1S/C11H14O.2C2H6/c1-8-4-2-6-10-9(8)5-3-7-11(10)12;2*1-2/h2,6,8H,3-5,7H2,1H3;2*1-2H3. The van der Waals surface area contributed by atoms with E-state index in [-0.39, 0.29) is 0 Å². The maximum Gasteiger partial charge on any atom is 0.162 e. The summed E-state index contributed by atoms with van der Waals surface area (Å²) in [4.78, 5) is 11.5. The van der Waals surface area contributed by atoms with Crippen molar-refractivity contribution in [2.75, 3.05) is 0 Å². The number of rotatable bonds is 0. The van der Waals surface area contributed by atoms with Crippen LogP contribution in [-0.4, -0.2) is 5.78 Å². The Labute approximate surface area is 101 Å². The lowest BCUT2D eigenvalue weighted by atomic mass is 9.79. The van der Waals surface area contributed by atoms with E-state index >= 15 is 0 Å². The third-order valence-electron chi connectivity index (χ3n) is 2.87. The van der Waals surface area contributed by atoms with Crippen molar-refractivity contribution in [3.8, 4) is 0 Å². The van der Waals surface area contributed by atoms with E-state index in [1.165, 1.54) is 5.57 Å². The Morgan fingerprint density at radius 2 is 1.75 bits per heavy atom. The molecule has 1 atom stereocenters. The summed E-state index contributed by atoms with van der Waals surface area (Å²) in [6.45, 7) is 10.2. The zero-order valence-electron chi connectivity index (χ0n) is 11.5. The topological polar surface area (TPSA) is 17.1 Å². The van der Waals surface area contributed by atoms with Crippen LogP contribution in [0.1, 0.15) is 60.3 Å². The van der Waals surface area contributed by atoms with Crippen molar-refractivity contribution in [3.05, 3.63) is 23.3 Å². The second-order valence-electron chi connectivity index (χ2n) is 3.75. The first kappa shape index (κ1) is 15.2. The second kappa shape index (κ2) is 8.32. The zero-order chi connectivity index (χ0) is 12.6. The molecule has 1 heteroatoms. The molecule has 1 nitrogen and oxygen atoms in total. The maximum atomic E-state index is 11.5. The Morgan fingerprint density at radius 3 is 2.31 bits per heavy atom. The molecule has 0 bridgehead atoms. The van der Waals surface area contributed by atoms with Gasteiger partial charge in [0.25, 0.3) is 0 Å². The molecule has 0 aliphatic heterocycles. The van der Waals surface area contributed by atoms with Crippen LogP contribution in [-0.2, 0) is 4.79 Å². The van der Waals surface area contributed by atoms with Crippen molar-refractivity contribution in [2.24, 2.45) is 5.92 Å². The average Bonchev–Trinajstić information content (AvgIpc) is 2.36. The molecule has 0 spiro atoms. The summed E-state index contributed by atoms with van der Waals surface area (Å²) in [6, 6.07) is 0. The Morgan fingerprint density at radius 1 is 1.12 bits per heavy atom. The summed E-state index contributed by atoms with van der Waals surface area (Å²) in [5, 5.41) is 0. The molecule has 0 aromatic carbocycles. The molecule has 2 rings (SSSR count). The Balaban J connectivity index is 0.000000509. The van der Waals surface area contributed by atoms with Crippen LogP contribution in [0.25, 0.3) is 0 Å². The van der Waals surface area contributed by atoms with Crippen molar-refractivity contribution in [2.45, 2.75) is 60.3 Å². The van der Waals surface area contributed by atoms with E-state index in [1.807, 2.05) is 33.8 Å². The number of carbonyl (C=O) groups excluding carboxylic acids is 1. The molecule has 0 heterocycles. The quantitative estimate of drug-likeness (QED) is 0.581. The van der Waals surface area contributed by atoms with Crippen LogP contribution in [0.2, 0.25) is 0 Å². The van der Waals surface area contributed by atoms with Gasteiger partial charge in [0.2, 0.25) is 0 Å². The molecule has 16 heavy (non-hydrogen) atoms. The fourth-order valence-corrected chi connectivity index (χ4v) is 2.13. The van der Waals surface area contributed by atoms with Gasteiger partial charge in [-0.15, -0.1) is 0 Å². The smallest absolute Gasteiger partial charge is 0.162 e. The normalized spacial score (nSPS) is 22.6. The van der Waals surface area contributed by atoms with E-state index < -0.39 is 0 Å². The highest BCUT2D eigenvalue weighted by atomic mass is 16.1. The van der Waals surface area contributed by atoms with Gasteiger partial charge >= 0.3 is 0 Å². The van der Waals surface area contributed by atoms with Crippen LogP contribution in [0.3, 0.4) is 0 Å². The number of allylic oxidation sites excluding steroid dienone is 4. The van der Waals surface area contributed by atoms with Gasteiger partial charge in [-0.1, -0.05) is 52.3 Å². The fraction of sp³-hybridized carbons (Fsp3) is 0.667. The minimum atomic E-state index is 0.360. The summed E-state index contributed by atoms with van der Waals surface area (Å²) in [5.74, 6) is 0.966. The second-order valence-corrected chi connectivity index (χ2v) is 3.75. The minimum absolute atomic E-state index is 0.360. The van der Waals surface area contributed by atoms with Gasteiger partial charge in [-0.3, -0.25) is 4.79 Å². The number of hydrogen-bond donors (Lipinski definition) is 0. The summed E-state index contributed by atoms with van der Waals surface area (Å²) < 4.78 is 0.